The van der Waals surface area contributed by atoms with E-state index in [4.69, 9.17) is 4.74 Å². The van der Waals surface area contributed by atoms with E-state index in [0.717, 1.165) is 6.26 Å². The monoisotopic (exact) mass is 522 g/mol. The first-order chi connectivity index (χ1) is 17.3. The minimum atomic E-state index is -3.27. The summed E-state index contributed by atoms with van der Waals surface area (Å²) in [6.45, 7) is 2.16. The standard InChI is InChI=1S/C22H28F2N8O3S/c1-36(33,34)30-15-8-6-14(7-9-15)25-20-27-21(31-10-12-35-13-11-31)29-22(28-20)32-17-5-3-2-4-16(17)26-19(32)18(23)24/h2-5,14-15,18,30H,6-13H2,1H3,(H,25,27,28,29)/t14-,15-. The van der Waals surface area contributed by atoms with Gasteiger partial charge in [0, 0.05) is 25.2 Å². The van der Waals surface area contributed by atoms with Crippen molar-refractivity contribution >= 4 is 33.0 Å². The summed E-state index contributed by atoms with van der Waals surface area (Å²) in [5.74, 6) is 0.272. The number of rotatable bonds is 7. The van der Waals surface area contributed by atoms with E-state index in [0.29, 0.717) is 69.0 Å². The number of imidazole rings is 1. The van der Waals surface area contributed by atoms with Crippen LogP contribution in [0.5, 0.6) is 0 Å². The van der Waals surface area contributed by atoms with Crippen molar-refractivity contribution in [1.29, 1.82) is 0 Å². The first-order valence-electron chi connectivity index (χ1n) is 11.9. The molecule has 2 N–H and O–H groups in total. The molecule has 3 heterocycles. The summed E-state index contributed by atoms with van der Waals surface area (Å²) in [7, 11) is -3.27. The minimum absolute atomic E-state index is 0.00417. The second-order valence-corrected chi connectivity index (χ2v) is 10.8. The predicted octanol–water partition coefficient (Wildman–Crippen LogP) is 2.26. The van der Waals surface area contributed by atoms with E-state index in [2.05, 4.69) is 30.0 Å². The lowest BCUT2D eigenvalue weighted by Crippen LogP contribution is -2.40. The maximum Gasteiger partial charge on any atom is 0.296 e. The van der Waals surface area contributed by atoms with Gasteiger partial charge in [-0.3, -0.25) is 4.57 Å². The molecule has 36 heavy (non-hydrogen) atoms. The van der Waals surface area contributed by atoms with Gasteiger partial charge in [-0.2, -0.15) is 15.0 Å². The summed E-state index contributed by atoms with van der Waals surface area (Å²) in [5, 5.41) is 3.32. The summed E-state index contributed by atoms with van der Waals surface area (Å²) >= 11 is 0. The van der Waals surface area contributed by atoms with Gasteiger partial charge in [-0.25, -0.2) is 26.9 Å². The number of hydrogen-bond acceptors (Lipinski definition) is 9. The highest BCUT2D eigenvalue weighted by atomic mass is 32.2. The highest BCUT2D eigenvalue weighted by Crippen LogP contribution is 2.28. The summed E-state index contributed by atoms with van der Waals surface area (Å²) in [5.41, 5.74) is 0.901. The number of para-hydroxylation sites is 2. The Bertz CT molecular complexity index is 1320. The van der Waals surface area contributed by atoms with Gasteiger partial charge in [-0.15, -0.1) is 0 Å². The molecule has 1 aliphatic heterocycles. The molecular weight excluding hydrogens is 494 g/mol. The van der Waals surface area contributed by atoms with Crippen LogP contribution in [0.2, 0.25) is 0 Å². The number of anilines is 2. The number of ether oxygens (including phenoxy) is 1. The number of hydrogen-bond donors (Lipinski definition) is 2. The first-order valence-corrected chi connectivity index (χ1v) is 13.7. The molecule has 194 valence electrons. The van der Waals surface area contributed by atoms with Gasteiger partial charge in [-0.05, 0) is 37.8 Å². The van der Waals surface area contributed by atoms with Crippen molar-refractivity contribution in [2.75, 3.05) is 42.8 Å². The van der Waals surface area contributed by atoms with E-state index in [1.807, 2.05) is 4.90 Å². The molecular formula is C22H28F2N8O3S. The highest BCUT2D eigenvalue weighted by molar-refractivity contribution is 7.88. The van der Waals surface area contributed by atoms with Crippen LogP contribution in [0.4, 0.5) is 20.7 Å². The van der Waals surface area contributed by atoms with E-state index < -0.39 is 22.3 Å². The van der Waals surface area contributed by atoms with Crippen molar-refractivity contribution in [3.8, 4) is 5.95 Å². The van der Waals surface area contributed by atoms with E-state index in [9.17, 15) is 17.2 Å². The van der Waals surface area contributed by atoms with Crippen molar-refractivity contribution in [3.05, 3.63) is 30.1 Å². The molecule has 0 amide bonds. The Kier molecular flexibility index (Phi) is 6.99. The Morgan fingerprint density at radius 3 is 2.33 bits per heavy atom. The van der Waals surface area contributed by atoms with Gasteiger partial charge in [0.15, 0.2) is 5.82 Å². The fourth-order valence-electron chi connectivity index (χ4n) is 4.67. The molecule has 3 aromatic rings. The summed E-state index contributed by atoms with van der Waals surface area (Å²) in [6.07, 6.45) is 1.08. The van der Waals surface area contributed by atoms with Crippen LogP contribution in [-0.4, -0.2) is 77.6 Å². The van der Waals surface area contributed by atoms with Crippen molar-refractivity contribution in [2.45, 2.75) is 44.2 Å². The number of nitrogens with one attached hydrogen (secondary N) is 2. The van der Waals surface area contributed by atoms with E-state index in [-0.39, 0.29) is 24.0 Å². The molecule has 0 unspecified atom stereocenters. The molecule has 1 saturated heterocycles. The molecule has 0 radical (unpaired) electrons. The quantitative estimate of drug-likeness (QED) is 0.480. The third-order valence-electron chi connectivity index (χ3n) is 6.33. The van der Waals surface area contributed by atoms with Crippen molar-refractivity contribution in [2.24, 2.45) is 0 Å². The summed E-state index contributed by atoms with van der Waals surface area (Å²) in [6, 6.07) is 6.76. The second kappa shape index (κ2) is 10.2. The van der Waals surface area contributed by atoms with Crippen LogP contribution in [0.25, 0.3) is 17.0 Å². The maximum absolute atomic E-state index is 14.0. The Morgan fingerprint density at radius 1 is 0.972 bits per heavy atom. The molecule has 0 bridgehead atoms. The van der Waals surface area contributed by atoms with Gasteiger partial charge in [0.25, 0.3) is 6.43 Å². The molecule has 14 heteroatoms. The molecule has 1 saturated carbocycles. The van der Waals surface area contributed by atoms with Crippen LogP contribution in [0, 0.1) is 0 Å². The number of aromatic nitrogens is 5. The number of halogens is 2. The number of morpholine rings is 1. The van der Waals surface area contributed by atoms with Gasteiger partial charge < -0.3 is 15.0 Å². The lowest BCUT2D eigenvalue weighted by Gasteiger charge is -2.30. The largest absolute Gasteiger partial charge is 0.378 e. The lowest BCUT2D eigenvalue weighted by atomic mass is 9.92. The first kappa shape index (κ1) is 24.7. The Balaban J connectivity index is 1.48. The Hall–Kier alpha value is -2.97. The highest BCUT2D eigenvalue weighted by Gasteiger charge is 2.27. The average molecular weight is 523 g/mol. The van der Waals surface area contributed by atoms with Gasteiger partial charge in [0.05, 0.1) is 30.5 Å². The number of nitrogens with zero attached hydrogens (tertiary/aromatic N) is 6. The molecule has 1 aromatic carbocycles. The number of sulfonamides is 1. The maximum atomic E-state index is 14.0. The van der Waals surface area contributed by atoms with Crippen LogP contribution in [0.15, 0.2) is 24.3 Å². The zero-order valence-corrected chi connectivity index (χ0v) is 20.6. The van der Waals surface area contributed by atoms with Crippen LogP contribution in [0.3, 0.4) is 0 Å². The fraction of sp³-hybridized carbons (Fsp3) is 0.545. The average Bonchev–Trinajstić information content (AvgIpc) is 3.25. The normalized spacial score (nSPS) is 21.3. The minimum Gasteiger partial charge on any atom is -0.378 e. The smallest absolute Gasteiger partial charge is 0.296 e. The third kappa shape index (κ3) is 5.55. The topological polar surface area (TPSA) is 127 Å². The molecule has 2 aliphatic rings. The van der Waals surface area contributed by atoms with Crippen LogP contribution < -0.4 is 14.9 Å². The molecule has 11 nitrogen and oxygen atoms in total. The van der Waals surface area contributed by atoms with Crippen LogP contribution in [-0.2, 0) is 14.8 Å². The molecule has 0 spiro atoms. The second-order valence-electron chi connectivity index (χ2n) is 9.04. The molecule has 2 fully saturated rings. The Labute approximate surface area is 207 Å². The van der Waals surface area contributed by atoms with Gasteiger partial charge in [0.2, 0.25) is 27.9 Å². The predicted molar refractivity (Wildman–Crippen MR) is 130 cm³/mol. The van der Waals surface area contributed by atoms with E-state index in [1.54, 1.807) is 24.3 Å². The number of alkyl halides is 2. The third-order valence-corrected chi connectivity index (χ3v) is 7.09. The number of fused-ring (bicyclic) bond motifs is 1. The molecule has 1 aliphatic carbocycles. The fourth-order valence-corrected chi connectivity index (χ4v) is 5.51. The van der Waals surface area contributed by atoms with Crippen molar-refractivity contribution in [3.63, 3.8) is 0 Å². The Morgan fingerprint density at radius 2 is 1.64 bits per heavy atom. The van der Waals surface area contributed by atoms with E-state index >= 15 is 0 Å². The molecule has 2 aromatic heterocycles. The lowest BCUT2D eigenvalue weighted by molar-refractivity contribution is 0.122. The zero-order valence-electron chi connectivity index (χ0n) is 19.8. The summed E-state index contributed by atoms with van der Waals surface area (Å²) in [4.78, 5) is 19.7. The molecule has 5 rings (SSSR count). The van der Waals surface area contributed by atoms with Crippen LogP contribution in [0.1, 0.15) is 37.9 Å². The van der Waals surface area contributed by atoms with Gasteiger partial charge in [0.1, 0.15) is 0 Å². The summed E-state index contributed by atoms with van der Waals surface area (Å²) < 4.78 is 60.5. The van der Waals surface area contributed by atoms with E-state index in [1.165, 1.54) is 4.57 Å². The van der Waals surface area contributed by atoms with Crippen molar-refractivity contribution < 1.29 is 21.9 Å². The number of benzene rings is 1. The van der Waals surface area contributed by atoms with Crippen LogP contribution >= 0.6 is 0 Å². The van der Waals surface area contributed by atoms with Gasteiger partial charge in [-0.1, -0.05) is 12.1 Å². The zero-order chi connectivity index (χ0) is 25.3. The van der Waals surface area contributed by atoms with Gasteiger partial charge >= 0.3 is 0 Å². The van der Waals surface area contributed by atoms with Crippen molar-refractivity contribution in [1.82, 2.24) is 29.2 Å². The SMILES string of the molecule is CS(=O)(=O)N[C@H]1CC[C@H](Nc2nc(N3CCOCC3)nc(-n3c(C(F)F)nc4ccccc43)n2)CC1. The molecule has 0 atom stereocenters.